The van der Waals surface area contributed by atoms with E-state index in [1.165, 1.54) is 0 Å². The average molecular weight is 402 g/mol. The normalized spacial score (nSPS) is 14.8. The van der Waals surface area contributed by atoms with E-state index in [-0.39, 0.29) is 24.8 Å². The maximum Gasteiger partial charge on any atom is 0.407 e. The molecular weight excluding hydrogens is 370 g/mol. The van der Waals surface area contributed by atoms with E-state index >= 15 is 0 Å². The fourth-order valence-electron chi connectivity index (χ4n) is 2.97. The first kappa shape index (κ1) is 22.5. The van der Waals surface area contributed by atoms with E-state index in [2.05, 4.69) is 5.32 Å². The smallest absolute Gasteiger partial charge is 0.407 e. The van der Waals surface area contributed by atoms with Crippen molar-refractivity contribution in [2.75, 3.05) is 32.7 Å². The quantitative estimate of drug-likeness (QED) is 0.769. The van der Waals surface area contributed by atoms with Crippen LogP contribution in [0.15, 0.2) is 30.3 Å². The van der Waals surface area contributed by atoms with Crippen molar-refractivity contribution in [2.45, 2.75) is 39.7 Å². The number of amides is 3. The minimum atomic E-state index is -0.565. The van der Waals surface area contributed by atoms with Gasteiger partial charge in [0, 0.05) is 45.2 Å². The van der Waals surface area contributed by atoms with E-state index in [4.69, 9.17) is 4.74 Å². The van der Waals surface area contributed by atoms with Gasteiger partial charge in [0.25, 0.3) is 0 Å². The lowest BCUT2D eigenvalue weighted by molar-refractivity contribution is -0.137. The summed E-state index contributed by atoms with van der Waals surface area (Å²) in [5.74, 6) is -0.0892. The van der Waals surface area contributed by atoms with Crippen LogP contribution in [0.25, 0.3) is 6.08 Å². The van der Waals surface area contributed by atoms with Crippen molar-refractivity contribution in [2.24, 2.45) is 0 Å². The van der Waals surface area contributed by atoms with Gasteiger partial charge in [0.1, 0.15) is 5.60 Å². The molecule has 1 aromatic rings. The third-order valence-electron chi connectivity index (χ3n) is 4.41. The van der Waals surface area contributed by atoms with Crippen LogP contribution in [0.5, 0.6) is 0 Å². The third-order valence-corrected chi connectivity index (χ3v) is 4.41. The lowest BCUT2D eigenvalue weighted by Crippen LogP contribution is -2.50. The zero-order chi connectivity index (χ0) is 21.4. The number of nitrogens with one attached hydrogen (secondary N) is 1. The molecular formula is C22H31N3O4. The summed E-state index contributed by atoms with van der Waals surface area (Å²) in [6.45, 7) is 9.59. The highest BCUT2D eigenvalue weighted by Gasteiger charge is 2.23. The van der Waals surface area contributed by atoms with Crippen molar-refractivity contribution < 1.29 is 19.1 Å². The minimum Gasteiger partial charge on any atom is -0.444 e. The predicted octanol–water partition coefficient (Wildman–Crippen LogP) is 2.59. The van der Waals surface area contributed by atoms with Crippen molar-refractivity contribution in [3.8, 4) is 0 Å². The first-order chi connectivity index (χ1) is 13.6. The summed E-state index contributed by atoms with van der Waals surface area (Å²) in [4.78, 5) is 39.7. The fourth-order valence-corrected chi connectivity index (χ4v) is 2.97. The molecule has 1 heterocycles. The Bertz CT molecular complexity index is 760. The summed E-state index contributed by atoms with van der Waals surface area (Å²) in [5.41, 5.74) is 1.57. The van der Waals surface area contributed by atoms with Crippen LogP contribution in [0, 0.1) is 6.92 Å². The molecule has 0 aliphatic carbocycles. The third kappa shape index (κ3) is 7.97. The van der Waals surface area contributed by atoms with Crippen molar-refractivity contribution in [1.82, 2.24) is 15.1 Å². The van der Waals surface area contributed by atoms with Crippen LogP contribution in [0.1, 0.15) is 38.3 Å². The van der Waals surface area contributed by atoms with E-state index in [1.807, 2.05) is 37.3 Å². The number of carbonyl (C=O) groups excluding carboxylic acids is 3. The van der Waals surface area contributed by atoms with Crippen LogP contribution in [0.3, 0.4) is 0 Å². The molecule has 7 nitrogen and oxygen atoms in total. The van der Waals surface area contributed by atoms with Crippen LogP contribution in [0.4, 0.5) is 4.79 Å². The molecule has 0 saturated carbocycles. The van der Waals surface area contributed by atoms with Crippen LogP contribution in [0.2, 0.25) is 0 Å². The first-order valence-corrected chi connectivity index (χ1v) is 9.92. The van der Waals surface area contributed by atoms with Gasteiger partial charge in [-0.15, -0.1) is 0 Å². The Morgan fingerprint density at radius 2 is 1.76 bits per heavy atom. The highest BCUT2D eigenvalue weighted by atomic mass is 16.6. The van der Waals surface area contributed by atoms with Gasteiger partial charge in [-0.25, -0.2) is 4.79 Å². The molecule has 1 aliphatic heterocycles. The van der Waals surface area contributed by atoms with Gasteiger partial charge in [-0.2, -0.15) is 0 Å². The SMILES string of the molecule is Cc1cccc(/C=C/C(=O)N2CCN(C(=O)CCNC(=O)OC(C)(C)C)CC2)c1. The number of hydrogen-bond donors (Lipinski definition) is 1. The van der Waals surface area contributed by atoms with Gasteiger partial charge in [0.2, 0.25) is 11.8 Å². The molecule has 0 aromatic heterocycles. The molecule has 158 valence electrons. The molecule has 0 spiro atoms. The lowest BCUT2D eigenvalue weighted by atomic mass is 10.1. The number of hydrogen-bond acceptors (Lipinski definition) is 4. The van der Waals surface area contributed by atoms with Gasteiger partial charge in [-0.05, 0) is 39.3 Å². The predicted molar refractivity (Wildman–Crippen MR) is 112 cm³/mol. The van der Waals surface area contributed by atoms with Gasteiger partial charge in [0.15, 0.2) is 0 Å². The Morgan fingerprint density at radius 1 is 1.10 bits per heavy atom. The van der Waals surface area contributed by atoms with Gasteiger partial charge in [-0.3, -0.25) is 9.59 Å². The Morgan fingerprint density at radius 3 is 2.38 bits per heavy atom. The summed E-state index contributed by atoms with van der Waals surface area (Å²) in [5, 5.41) is 2.59. The summed E-state index contributed by atoms with van der Waals surface area (Å²) < 4.78 is 5.14. The van der Waals surface area contributed by atoms with Crippen molar-refractivity contribution in [3.05, 3.63) is 41.5 Å². The molecule has 3 amide bonds. The van der Waals surface area contributed by atoms with Gasteiger partial charge in [0.05, 0.1) is 0 Å². The monoisotopic (exact) mass is 401 g/mol. The Hall–Kier alpha value is -2.83. The molecule has 1 fully saturated rings. The van der Waals surface area contributed by atoms with Crippen LogP contribution in [-0.4, -0.2) is 66.0 Å². The second-order valence-electron chi connectivity index (χ2n) is 8.13. The van der Waals surface area contributed by atoms with Gasteiger partial charge in [-0.1, -0.05) is 29.8 Å². The number of nitrogens with zero attached hydrogens (tertiary/aromatic N) is 2. The molecule has 1 aromatic carbocycles. The number of benzene rings is 1. The zero-order valence-electron chi connectivity index (χ0n) is 17.7. The maximum absolute atomic E-state index is 12.4. The molecule has 2 rings (SSSR count). The van der Waals surface area contributed by atoms with E-state index in [1.54, 1.807) is 36.6 Å². The summed E-state index contributed by atoms with van der Waals surface area (Å²) in [7, 11) is 0. The molecule has 0 atom stereocenters. The number of rotatable bonds is 5. The second kappa shape index (κ2) is 10.1. The van der Waals surface area contributed by atoms with E-state index in [9.17, 15) is 14.4 Å². The number of piperazine rings is 1. The molecule has 0 unspecified atom stereocenters. The van der Waals surface area contributed by atoms with E-state index in [0.29, 0.717) is 26.2 Å². The van der Waals surface area contributed by atoms with Crippen molar-refractivity contribution in [3.63, 3.8) is 0 Å². The average Bonchev–Trinajstić information content (AvgIpc) is 2.65. The van der Waals surface area contributed by atoms with Gasteiger partial charge < -0.3 is 19.9 Å². The Labute approximate surface area is 172 Å². The van der Waals surface area contributed by atoms with Crippen LogP contribution < -0.4 is 5.32 Å². The first-order valence-electron chi connectivity index (χ1n) is 9.92. The van der Waals surface area contributed by atoms with E-state index < -0.39 is 11.7 Å². The number of carbonyl (C=O) groups is 3. The largest absolute Gasteiger partial charge is 0.444 e. The summed E-state index contributed by atoms with van der Waals surface area (Å²) in [6.07, 6.45) is 3.08. The minimum absolute atomic E-state index is 0.0385. The highest BCUT2D eigenvalue weighted by Crippen LogP contribution is 2.09. The van der Waals surface area contributed by atoms with Crippen molar-refractivity contribution in [1.29, 1.82) is 0 Å². The second-order valence-corrected chi connectivity index (χ2v) is 8.13. The molecule has 7 heteroatoms. The highest BCUT2D eigenvalue weighted by molar-refractivity contribution is 5.92. The molecule has 1 N–H and O–H groups in total. The molecule has 1 aliphatic rings. The fraction of sp³-hybridized carbons (Fsp3) is 0.500. The lowest BCUT2D eigenvalue weighted by Gasteiger charge is -2.34. The topological polar surface area (TPSA) is 79.0 Å². The standard InChI is InChI=1S/C22H31N3O4/c1-17-6-5-7-18(16-17)8-9-19(26)24-12-14-25(15-13-24)20(27)10-11-23-21(28)29-22(2,3)4/h5-9,16H,10-15H2,1-4H3,(H,23,28)/b9-8+. The van der Waals surface area contributed by atoms with Crippen LogP contribution >= 0.6 is 0 Å². The summed E-state index contributed by atoms with van der Waals surface area (Å²) in [6, 6.07) is 7.95. The number of alkyl carbamates (subject to hydrolysis) is 1. The maximum atomic E-state index is 12.4. The molecule has 0 bridgehead atoms. The summed E-state index contributed by atoms with van der Waals surface area (Å²) >= 11 is 0. The number of ether oxygens (including phenoxy) is 1. The van der Waals surface area contributed by atoms with E-state index in [0.717, 1.165) is 11.1 Å². The van der Waals surface area contributed by atoms with Crippen molar-refractivity contribution >= 4 is 24.0 Å². The molecule has 0 radical (unpaired) electrons. The molecule has 29 heavy (non-hydrogen) atoms. The van der Waals surface area contributed by atoms with Gasteiger partial charge >= 0.3 is 6.09 Å². The van der Waals surface area contributed by atoms with Crippen LogP contribution in [-0.2, 0) is 14.3 Å². The Kier molecular flexibility index (Phi) is 7.82. The number of aryl methyl sites for hydroxylation is 1. The zero-order valence-corrected chi connectivity index (χ0v) is 17.7. The Balaban J connectivity index is 1.71. The molecule has 1 saturated heterocycles.